The van der Waals surface area contributed by atoms with E-state index in [-0.39, 0.29) is 0 Å². The molecule has 0 unspecified atom stereocenters. The number of hydrogen-bond donors (Lipinski definition) is 1. The number of benzene rings is 1. The lowest BCUT2D eigenvalue weighted by molar-refractivity contribution is 0.425. The Bertz CT molecular complexity index is 573. The molecule has 0 saturated carbocycles. The first-order valence-corrected chi connectivity index (χ1v) is 6.53. The van der Waals surface area contributed by atoms with Crippen molar-refractivity contribution in [1.29, 1.82) is 0 Å². The lowest BCUT2D eigenvalue weighted by atomic mass is 10.0. The Kier molecular flexibility index (Phi) is 3.90. The van der Waals surface area contributed by atoms with Gasteiger partial charge in [0.15, 0.2) is 0 Å². The van der Waals surface area contributed by atoms with E-state index in [1.807, 2.05) is 26.1 Å². The Labute approximate surface area is 114 Å². The van der Waals surface area contributed by atoms with Gasteiger partial charge >= 0.3 is 0 Å². The number of nitrogens with zero attached hydrogens (tertiary/aromatic N) is 2. The van der Waals surface area contributed by atoms with Crippen molar-refractivity contribution in [3.8, 4) is 11.6 Å². The normalized spacial score (nSPS) is 11.1. The highest BCUT2D eigenvalue weighted by atomic mass is 16.5. The van der Waals surface area contributed by atoms with Crippen LogP contribution in [0.15, 0.2) is 24.3 Å². The average molecular weight is 259 g/mol. The van der Waals surface area contributed by atoms with Crippen molar-refractivity contribution in [3.63, 3.8) is 0 Å². The smallest absolute Gasteiger partial charge is 0.222 e. The van der Waals surface area contributed by atoms with Crippen LogP contribution < -0.4 is 10.5 Å². The van der Waals surface area contributed by atoms with Gasteiger partial charge in [-0.1, -0.05) is 26.0 Å². The fourth-order valence-electron chi connectivity index (χ4n) is 2.09. The molecule has 0 aliphatic heterocycles. The highest BCUT2D eigenvalue weighted by Crippen LogP contribution is 2.28. The Morgan fingerprint density at radius 2 is 2.11 bits per heavy atom. The molecule has 0 fully saturated rings. The number of aromatic nitrogens is 2. The summed E-state index contributed by atoms with van der Waals surface area (Å²) in [4.78, 5) is 0. The molecule has 2 aromatic rings. The molecule has 0 spiro atoms. The summed E-state index contributed by atoms with van der Waals surface area (Å²) in [5.74, 6) is 2.02. The summed E-state index contributed by atoms with van der Waals surface area (Å²) in [7, 11) is 1.87. The topological polar surface area (TPSA) is 53.1 Å². The molecule has 0 aliphatic rings. The molecule has 19 heavy (non-hydrogen) atoms. The predicted octanol–water partition coefficient (Wildman–Crippen LogP) is 3.10. The standard InChI is InChI=1S/C15H21N3O/c1-10(2)12-6-5-7-13(8-12)19-15-14(9-16)11(3)17-18(15)4/h5-8,10H,9,16H2,1-4H3. The molecule has 0 radical (unpaired) electrons. The van der Waals surface area contributed by atoms with E-state index in [0.717, 1.165) is 22.9 Å². The summed E-state index contributed by atoms with van der Waals surface area (Å²) in [6, 6.07) is 8.13. The van der Waals surface area contributed by atoms with E-state index in [1.54, 1.807) is 4.68 Å². The summed E-state index contributed by atoms with van der Waals surface area (Å²) >= 11 is 0. The molecule has 0 atom stereocenters. The zero-order valence-electron chi connectivity index (χ0n) is 12.0. The third-order valence-electron chi connectivity index (χ3n) is 3.23. The van der Waals surface area contributed by atoms with E-state index < -0.39 is 0 Å². The molecule has 0 aliphatic carbocycles. The van der Waals surface area contributed by atoms with Crippen LogP contribution in [-0.2, 0) is 13.6 Å². The lowest BCUT2D eigenvalue weighted by Crippen LogP contribution is -2.01. The van der Waals surface area contributed by atoms with Crippen LogP contribution in [0, 0.1) is 6.92 Å². The van der Waals surface area contributed by atoms with Gasteiger partial charge < -0.3 is 10.5 Å². The van der Waals surface area contributed by atoms with Crippen LogP contribution in [0.25, 0.3) is 0 Å². The number of hydrogen-bond acceptors (Lipinski definition) is 3. The molecule has 0 saturated heterocycles. The zero-order valence-corrected chi connectivity index (χ0v) is 12.0. The Morgan fingerprint density at radius 3 is 2.74 bits per heavy atom. The minimum atomic E-state index is 0.429. The fraction of sp³-hybridized carbons (Fsp3) is 0.400. The second kappa shape index (κ2) is 5.45. The molecule has 4 nitrogen and oxygen atoms in total. The Balaban J connectivity index is 2.33. The van der Waals surface area contributed by atoms with Crippen LogP contribution in [0.1, 0.15) is 36.6 Å². The quantitative estimate of drug-likeness (QED) is 0.918. The van der Waals surface area contributed by atoms with Gasteiger partial charge in [0.05, 0.1) is 11.3 Å². The van der Waals surface area contributed by atoms with Gasteiger partial charge in [-0.15, -0.1) is 0 Å². The van der Waals surface area contributed by atoms with Gasteiger partial charge in [-0.2, -0.15) is 5.10 Å². The van der Waals surface area contributed by atoms with Crippen molar-refractivity contribution in [2.75, 3.05) is 0 Å². The first kappa shape index (κ1) is 13.6. The second-order valence-corrected chi connectivity index (χ2v) is 5.03. The van der Waals surface area contributed by atoms with Crippen LogP contribution in [0.5, 0.6) is 11.6 Å². The molecule has 1 aromatic heterocycles. The van der Waals surface area contributed by atoms with Crippen molar-refractivity contribution in [1.82, 2.24) is 9.78 Å². The van der Waals surface area contributed by atoms with Gasteiger partial charge in [0, 0.05) is 13.6 Å². The van der Waals surface area contributed by atoms with Gasteiger partial charge in [-0.05, 0) is 30.5 Å². The summed E-state index contributed by atoms with van der Waals surface area (Å²) in [6.07, 6.45) is 0. The first-order valence-electron chi connectivity index (χ1n) is 6.53. The third kappa shape index (κ3) is 2.79. The highest BCUT2D eigenvalue weighted by molar-refractivity contribution is 5.37. The maximum atomic E-state index is 5.96. The van der Waals surface area contributed by atoms with E-state index in [4.69, 9.17) is 10.5 Å². The lowest BCUT2D eigenvalue weighted by Gasteiger charge is -2.11. The van der Waals surface area contributed by atoms with Gasteiger partial charge in [0.1, 0.15) is 5.75 Å². The SMILES string of the molecule is Cc1nn(C)c(Oc2cccc(C(C)C)c2)c1CN. The van der Waals surface area contributed by atoms with Crippen molar-refractivity contribution in [3.05, 3.63) is 41.1 Å². The van der Waals surface area contributed by atoms with Gasteiger partial charge in [-0.3, -0.25) is 0 Å². The fourth-order valence-corrected chi connectivity index (χ4v) is 2.09. The van der Waals surface area contributed by atoms with Crippen LogP contribution in [0.3, 0.4) is 0 Å². The molecule has 0 bridgehead atoms. The molecule has 2 rings (SSSR count). The van der Waals surface area contributed by atoms with Crippen molar-refractivity contribution in [2.24, 2.45) is 12.8 Å². The predicted molar refractivity (Wildman–Crippen MR) is 76.4 cm³/mol. The minimum Gasteiger partial charge on any atom is -0.439 e. The highest BCUT2D eigenvalue weighted by Gasteiger charge is 2.14. The molecular formula is C15H21N3O. The second-order valence-electron chi connectivity index (χ2n) is 5.03. The summed E-state index contributed by atoms with van der Waals surface area (Å²) in [5.41, 5.74) is 8.89. The van der Waals surface area contributed by atoms with E-state index in [2.05, 4.69) is 31.1 Å². The van der Waals surface area contributed by atoms with Crippen molar-refractivity contribution in [2.45, 2.75) is 33.2 Å². The Morgan fingerprint density at radius 1 is 1.37 bits per heavy atom. The van der Waals surface area contributed by atoms with E-state index >= 15 is 0 Å². The van der Waals surface area contributed by atoms with E-state index in [9.17, 15) is 0 Å². The maximum absolute atomic E-state index is 5.96. The Hall–Kier alpha value is -1.81. The molecule has 102 valence electrons. The zero-order chi connectivity index (χ0) is 14.0. The molecule has 2 N–H and O–H groups in total. The number of aryl methyl sites for hydroxylation is 2. The van der Waals surface area contributed by atoms with Crippen LogP contribution in [-0.4, -0.2) is 9.78 Å². The van der Waals surface area contributed by atoms with Crippen molar-refractivity contribution < 1.29 is 4.74 Å². The number of ether oxygens (including phenoxy) is 1. The summed E-state index contributed by atoms with van der Waals surface area (Å²) < 4.78 is 7.70. The summed E-state index contributed by atoms with van der Waals surface area (Å²) in [6.45, 7) is 6.70. The van der Waals surface area contributed by atoms with E-state index in [1.165, 1.54) is 5.56 Å². The van der Waals surface area contributed by atoms with Crippen molar-refractivity contribution >= 4 is 0 Å². The average Bonchev–Trinajstić information content (AvgIpc) is 2.64. The first-order chi connectivity index (χ1) is 9.02. The molecular weight excluding hydrogens is 238 g/mol. The minimum absolute atomic E-state index is 0.429. The van der Waals surface area contributed by atoms with Crippen LogP contribution in [0.2, 0.25) is 0 Å². The largest absolute Gasteiger partial charge is 0.439 e. The molecule has 1 heterocycles. The number of nitrogens with two attached hydrogens (primary N) is 1. The maximum Gasteiger partial charge on any atom is 0.222 e. The molecule has 1 aromatic carbocycles. The van der Waals surface area contributed by atoms with Gasteiger partial charge in [0.25, 0.3) is 0 Å². The van der Waals surface area contributed by atoms with E-state index in [0.29, 0.717) is 12.5 Å². The van der Waals surface area contributed by atoms with Crippen LogP contribution in [0.4, 0.5) is 0 Å². The molecule has 4 heteroatoms. The molecule has 0 amide bonds. The summed E-state index contributed by atoms with van der Waals surface area (Å²) in [5, 5.41) is 4.35. The third-order valence-corrected chi connectivity index (χ3v) is 3.23. The van der Waals surface area contributed by atoms with Gasteiger partial charge in [0.2, 0.25) is 5.88 Å². The number of rotatable bonds is 4. The monoisotopic (exact) mass is 259 g/mol. The van der Waals surface area contributed by atoms with Gasteiger partial charge in [-0.25, -0.2) is 4.68 Å². The van der Waals surface area contributed by atoms with Crippen LogP contribution >= 0.6 is 0 Å².